The molecule has 8 heteroatoms. The summed E-state index contributed by atoms with van der Waals surface area (Å²) in [6, 6.07) is 7.36. The number of ether oxygens (including phenoxy) is 1. The molecule has 7 nitrogen and oxygen atoms in total. The summed E-state index contributed by atoms with van der Waals surface area (Å²) >= 11 is 1.37. The summed E-state index contributed by atoms with van der Waals surface area (Å²) in [6.45, 7) is 13.4. The number of amides is 1. The van der Waals surface area contributed by atoms with Gasteiger partial charge in [-0.05, 0) is 80.5 Å². The first kappa shape index (κ1) is 31.3. The molecule has 4 fully saturated rings. The Kier molecular flexibility index (Phi) is 9.00. The molecule has 3 aliphatic carbocycles. The zero-order chi connectivity index (χ0) is 30.3. The normalized spacial score (nSPS) is 39.9. The summed E-state index contributed by atoms with van der Waals surface area (Å²) < 4.78 is 6.37. The molecule has 5 rings (SSSR count). The summed E-state index contributed by atoms with van der Waals surface area (Å²) in [7, 11) is 0. The molecular weight excluding hydrogens is 548 g/mol. The zero-order valence-electron chi connectivity index (χ0n) is 25.6. The Balaban J connectivity index is 1.33. The number of nitrogens with one attached hydrogen (secondary N) is 2. The van der Waals surface area contributed by atoms with Crippen LogP contribution in [0.4, 0.5) is 5.69 Å². The van der Waals surface area contributed by atoms with Gasteiger partial charge in [0.1, 0.15) is 11.9 Å². The molecule has 4 aliphatic rings. The number of rotatable bonds is 7. The Bertz CT molecular complexity index is 1220. The van der Waals surface area contributed by atoms with Gasteiger partial charge in [-0.25, -0.2) is 0 Å². The number of Topliss-reactive ketones (excluding diaryl/α,β-unsaturated/α-hetero) is 1. The molecule has 1 heterocycles. The number of carbonyl (C=O) groups excluding carboxylic acids is 3. The summed E-state index contributed by atoms with van der Waals surface area (Å²) in [4.78, 5) is 40.6. The molecule has 1 aliphatic heterocycles. The van der Waals surface area contributed by atoms with Crippen LogP contribution in [0.2, 0.25) is 0 Å². The van der Waals surface area contributed by atoms with Crippen LogP contribution >= 0.6 is 11.8 Å². The monoisotopic (exact) mass is 596 g/mol. The highest BCUT2D eigenvalue weighted by Gasteiger charge is 2.68. The van der Waals surface area contributed by atoms with Crippen molar-refractivity contribution in [1.29, 1.82) is 0 Å². The van der Waals surface area contributed by atoms with Crippen molar-refractivity contribution in [2.24, 2.45) is 34.0 Å². The summed E-state index contributed by atoms with van der Waals surface area (Å²) in [5.41, 5.74) is -0.767. The molecule has 3 saturated carbocycles. The van der Waals surface area contributed by atoms with Crippen molar-refractivity contribution in [1.82, 2.24) is 5.32 Å². The van der Waals surface area contributed by atoms with Gasteiger partial charge >= 0.3 is 5.97 Å². The Hall–Kier alpha value is -2.16. The number of carbonyl (C=O) groups is 3. The topological polar surface area (TPSA) is 105 Å². The van der Waals surface area contributed by atoms with Crippen LogP contribution in [0.15, 0.2) is 41.8 Å². The first-order chi connectivity index (χ1) is 19.9. The average Bonchev–Trinajstić information content (AvgIpc) is 3.35. The largest absolute Gasteiger partial charge is 0.461 e. The van der Waals surface area contributed by atoms with Crippen LogP contribution in [0, 0.1) is 34.0 Å². The van der Waals surface area contributed by atoms with Gasteiger partial charge in [0.05, 0.1) is 17.9 Å². The maximum Gasteiger partial charge on any atom is 0.316 e. The van der Waals surface area contributed by atoms with Crippen LogP contribution < -0.4 is 10.6 Å². The van der Waals surface area contributed by atoms with Gasteiger partial charge in [-0.15, -0.1) is 18.3 Å². The second-order valence-electron chi connectivity index (χ2n) is 13.9. The highest BCUT2D eigenvalue weighted by molar-refractivity contribution is 8.00. The third-order valence-electron chi connectivity index (χ3n) is 11.7. The molecule has 0 spiro atoms. The number of hydrogen-bond acceptors (Lipinski definition) is 7. The quantitative estimate of drug-likeness (QED) is 0.209. The lowest BCUT2D eigenvalue weighted by molar-refractivity contribution is -0.205. The van der Waals surface area contributed by atoms with Crippen LogP contribution in [0.25, 0.3) is 0 Å². The number of aliphatic hydroxyl groups excluding tert-OH is 1. The van der Waals surface area contributed by atoms with E-state index < -0.39 is 23.0 Å². The minimum Gasteiger partial charge on any atom is -0.461 e. The van der Waals surface area contributed by atoms with Crippen molar-refractivity contribution in [2.45, 2.75) is 102 Å². The summed E-state index contributed by atoms with van der Waals surface area (Å²) in [6.07, 6.45) is 7.17. The van der Waals surface area contributed by atoms with E-state index in [1.54, 1.807) is 0 Å². The van der Waals surface area contributed by atoms with Crippen LogP contribution in [0.3, 0.4) is 0 Å². The number of hydrogen-bond donors (Lipinski definition) is 3. The van der Waals surface area contributed by atoms with Crippen molar-refractivity contribution >= 4 is 35.1 Å². The number of thioether (sulfide) groups is 1. The van der Waals surface area contributed by atoms with Gasteiger partial charge in [0.15, 0.2) is 0 Å². The van der Waals surface area contributed by atoms with E-state index in [4.69, 9.17) is 4.74 Å². The van der Waals surface area contributed by atoms with Crippen LogP contribution in [0.1, 0.15) is 79.1 Å². The lowest BCUT2D eigenvalue weighted by Gasteiger charge is -2.61. The molecule has 2 bridgehead atoms. The Morgan fingerprint density at radius 2 is 2.00 bits per heavy atom. The van der Waals surface area contributed by atoms with E-state index in [1.807, 2.05) is 37.3 Å². The second-order valence-corrected chi connectivity index (χ2v) is 14.9. The Labute approximate surface area is 255 Å². The van der Waals surface area contributed by atoms with Gasteiger partial charge in [0.2, 0.25) is 5.91 Å². The molecule has 2 unspecified atom stereocenters. The predicted octanol–water partition coefficient (Wildman–Crippen LogP) is 5.77. The van der Waals surface area contributed by atoms with E-state index in [9.17, 15) is 19.5 Å². The van der Waals surface area contributed by atoms with Crippen LogP contribution in [-0.4, -0.2) is 53.3 Å². The maximum absolute atomic E-state index is 13.6. The van der Waals surface area contributed by atoms with E-state index in [0.717, 1.165) is 50.0 Å². The average molecular weight is 597 g/mol. The number of benzene rings is 1. The first-order valence-corrected chi connectivity index (χ1v) is 16.7. The molecule has 0 radical (unpaired) electrons. The molecule has 1 amide bonds. The number of esters is 1. The lowest BCUT2D eigenvalue weighted by Crippen LogP contribution is -2.63. The van der Waals surface area contributed by atoms with Crippen molar-refractivity contribution in [3.8, 4) is 0 Å². The summed E-state index contributed by atoms with van der Waals surface area (Å²) in [5.74, 6) is -0.114. The molecule has 1 aromatic rings. The van der Waals surface area contributed by atoms with Crippen molar-refractivity contribution < 1.29 is 24.2 Å². The molecule has 0 aromatic heterocycles. The smallest absolute Gasteiger partial charge is 0.316 e. The van der Waals surface area contributed by atoms with Gasteiger partial charge in [-0.1, -0.05) is 46.3 Å². The lowest BCUT2D eigenvalue weighted by atomic mass is 9.44. The highest BCUT2D eigenvalue weighted by atomic mass is 32.2. The fourth-order valence-corrected chi connectivity index (χ4v) is 9.54. The van der Waals surface area contributed by atoms with Gasteiger partial charge in [0, 0.05) is 33.8 Å². The SMILES string of the molecule is C=C[C@]1(C)C[C@@H](OC(=O)CSc2cccc(NC(=O)C3CCCCN3)c2)[C@@]2(C)C3C(=O)CC[C@@]3(CC[C@H]2C)[C@@H](C)[C@@H]1O. The number of anilines is 1. The van der Waals surface area contributed by atoms with E-state index in [-0.39, 0.29) is 52.6 Å². The van der Waals surface area contributed by atoms with Crippen molar-refractivity contribution in [3.63, 3.8) is 0 Å². The third-order valence-corrected chi connectivity index (χ3v) is 12.6. The van der Waals surface area contributed by atoms with E-state index in [2.05, 4.69) is 38.0 Å². The number of ketones is 1. The molecule has 1 saturated heterocycles. The van der Waals surface area contributed by atoms with Gasteiger partial charge in [-0.3, -0.25) is 14.4 Å². The predicted molar refractivity (Wildman–Crippen MR) is 166 cm³/mol. The zero-order valence-corrected chi connectivity index (χ0v) is 26.4. The standard InChI is InChI=1S/C34H48N2O5S/c1-6-32(4)19-27(33(5)21(2)13-15-34(22(3)30(32)39)16-14-26(37)29(33)34)41-28(38)20-42-24-11-9-10-23(18-24)36-31(40)25-12-7-8-17-35-25/h6,9-11,18,21-22,25,27,29-30,35,39H,1,7-8,12-17,19-20H2,2-5H3,(H,36,40)/t21-,22+,25?,27-,29?,30+,32-,33+,34+/m1/s1. The van der Waals surface area contributed by atoms with Crippen molar-refractivity contribution in [2.75, 3.05) is 17.6 Å². The molecule has 1 aromatic carbocycles. The Morgan fingerprint density at radius 3 is 2.71 bits per heavy atom. The highest BCUT2D eigenvalue weighted by Crippen LogP contribution is 2.68. The number of piperidine rings is 1. The van der Waals surface area contributed by atoms with Gasteiger partial charge in [-0.2, -0.15) is 0 Å². The first-order valence-electron chi connectivity index (χ1n) is 15.8. The molecule has 42 heavy (non-hydrogen) atoms. The fraction of sp³-hybridized carbons (Fsp3) is 0.676. The third kappa shape index (κ3) is 5.48. The van der Waals surface area contributed by atoms with E-state index in [0.29, 0.717) is 18.5 Å². The minimum absolute atomic E-state index is 0.0327. The van der Waals surface area contributed by atoms with Crippen molar-refractivity contribution in [3.05, 3.63) is 36.9 Å². The van der Waals surface area contributed by atoms with Crippen LogP contribution in [0.5, 0.6) is 0 Å². The molecule has 230 valence electrons. The molecule has 9 atom stereocenters. The molecule has 3 N–H and O–H groups in total. The maximum atomic E-state index is 13.6. The molecular formula is C34H48N2O5S. The second kappa shape index (κ2) is 12.1. The van der Waals surface area contributed by atoms with Gasteiger partial charge in [0.25, 0.3) is 0 Å². The summed E-state index contributed by atoms with van der Waals surface area (Å²) in [5, 5.41) is 18.0. The fourth-order valence-electron chi connectivity index (χ4n) is 8.80. The van der Waals surface area contributed by atoms with E-state index >= 15 is 0 Å². The van der Waals surface area contributed by atoms with Crippen LogP contribution in [-0.2, 0) is 19.1 Å². The Morgan fingerprint density at radius 1 is 1.21 bits per heavy atom. The van der Waals surface area contributed by atoms with E-state index in [1.165, 1.54) is 11.8 Å². The minimum atomic E-state index is -0.682. The number of aliphatic hydroxyl groups is 1. The van der Waals surface area contributed by atoms with Gasteiger partial charge < -0.3 is 20.5 Å².